The number of benzene rings is 2. The average molecular weight is 451 g/mol. The quantitative estimate of drug-likeness (QED) is 0.525. The van der Waals surface area contributed by atoms with Gasteiger partial charge in [0.25, 0.3) is 0 Å². The van der Waals surface area contributed by atoms with Crippen LogP contribution in [0.2, 0.25) is 0 Å². The number of aliphatic hydroxyl groups excluding tert-OH is 3. The molecule has 32 heavy (non-hydrogen) atoms. The maximum absolute atomic E-state index is 10.7. The standard InChI is InChI=1S/C24H22N2O5S/c1-30-16-9-7-14(8-10-16)17-11-19(15-5-3-2-4-6-15)26(24(32)18(17)12-25)23-22(29)21(28)20(27)13-31-23/h2-11,20-23,27-29H,13H2,1H3/t20-,21+,22-,23-/m1/s1. The third-order valence-electron chi connectivity index (χ3n) is 5.55. The van der Waals surface area contributed by atoms with Crippen molar-refractivity contribution in [3.05, 3.63) is 70.9 Å². The molecule has 4 rings (SSSR count). The molecule has 0 bridgehead atoms. The number of nitriles is 1. The van der Waals surface area contributed by atoms with Crippen molar-refractivity contribution < 1.29 is 24.8 Å². The van der Waals surface area contributed by atoms with E-state index < -0.39 is 24.5 Å². The topological polar surface area (TPSA) is 108 Å². The minimum absolute atomic E-state index is 0.160. The van der Waals surface area contributed by atoms with E-state index in [1.807, 2.05) is 48.5 Å². The molecule has 0 amide bonds. The Morgan fingerprint density at radius 1 is 1.03 bits per heavy atom. The van der Waals surface area contributed by atoms with Gasteiger partial charge in [-0.15, -0.1) is 0 Å². The van der Waals surface area contributed by atoms with Crippen molar-refractivity contribution in [3.63, 3.8) is 0 Å². The normalized spacial score (nSPS) is 22.8. The molecule has 3 aromatic rings. The summed E-state index contributed by atoms with van der Waals surface area (Å²) in [6, 6.07) is 20.7. The largest absolute Gasteiger partial charge is 0.497 e. The van der Waals surface area contributed by atoms with Gasteiger partial charge in [0.2, 0.25) is 0 Å². The van der Waals surface area contributed by atoms with Gasteiger partial charge in [0.1, 0.15) is 34.8 Å². The maximum atomic E-state index is 10.7. The highest BCUT2D eigenvalue weighted by Crippen LogP contribution is 2.36. The fourth-order valence-electron chi connectivity index (χ4n) is 3.83. The van der Waals surface area contributed by atoms with E-state index in [1.165, 1.54) is 4.57 Å². The molecule has 1 aliphatic rings. The first-order valence-electron chi connectivity index (χ1n) is 10.0. The Morgan fingerprint density at radius 2 is 1.72 bits per heavy atom. The van der Waals surface area contributed by atoms with Crippen LogP contribution in [-0.2, 0) is 4.74 Å². The van der Waals surface area contributed by atoms with E-state index in [-0.39, 0.29) is 16.8 Å². The second kappa shape index (κ2) is 9.20. The van der Waals surface area contributed by atoms with Gasteiger partial charge < -0.3 is 29.4 Å². The van der Waals surface area contributed by atoms with Gasteiger partial charge >= 0.3 is 0 Å². The number of hydrogen-bond donors (Lipinski definition) is 3. The van der Waals surface area contributed by atoms with E-state index in [4.69, 9.17) is 21.7 Å². The van der Waals surface area contributed by atoms with Crippen molar-refractivity contribution in [2.24, 2.45) is 0 Å². The lowest BCUT2D eigenvalue weighted by atomic mass is 9.97. The SMILES string of the molecule is COc1ccc(-c2cc(-c3ccccc3)n([C@@H]3OC[C@@H](O)[C@H](O)[C@H]3O)c(=S)c2C#N)cc1. The van der Waals surface area contributed by atoms with Crippen LogP contribution in [0.15, 0.2) is 60.7 Å². The highest BCUT2D eigenvalue weighted by Gasteiger charge is 2.39. The summed E-state index contributed by atoms with van der Waals surface area (Å²) in [5.74, 6) is 0.686. The second-order valence-electron chi connectivity index (χ2n) is 7.47. The van der Waals surface area contributed by atoms with E-state index >= 15 is 0 Å². The fraction of sp³-hybridized carbons (Fsp3) is 0.250. The molecule has 2 heterocycles. The van der Waals surface area contributed by atoms with E-state index in [1.54, 1.807) is 19.2 Å². The van der Waals surface area contributed by atoms with Crippen LogP contribution in [-0.4, -0.2) is 51.9 Å². The summed E-state index contributed by atoms with van der Waals surface area (Å²) >= 11 is 5.70. The van der Waals surface area contributed by atoms with Crippen molar-refractivity contribution in [1.29, 1.82) is 5.26 Å². The van der Waals surface area contributed by atoms with Crippen LogP contribution in [0.25, 0.3) is 22.4 Å². The van der Waals surface area contributed by atoms with Gasteiger partial charge in [0.15, 0.2) is 6.23 Å². The second-order valence-corrected chi connectivity index (χ2v) is 7.86. The van der Waals surface area contributed by atoms with Crippen LogP contribution >= 0.6 is 12.2 Å². The molecule has 8 heteroatoms. The summed E-state index contributed by atoms with van der Waals surface area (Å²) in [5, 5.41) is 40.7. The zero-order chi connectivity index (χ0) is 22.8. The molecule has 2 aromatic carbocycles. The lowest BCUT2D eigenvalue weighted by Crippen LogP contribution is -2.51. The van der Waals surface area contributed by atoms with Gasteiger partial charge in [-0.25, -0.2) is 0 Å². The highest BCUT2D eigenvalue weighted by atomic mass is 32.1. The molecule has 0 unspecified atom stereocenters. The van der Waals surface area contributed by atoms with Gasteiger partial charge in [-0.05, 0) is 29.3 Å². The first-order chi connectivity index (χ1) is 15.5. The molecular formula is C24H22N2O5S. The van der Waals surface area contributed by atoms with Crippen LogP contribution < -0.4 is 4.74 Å². The Morgan fingerprint density at radius 3 is 2.34 bits per heavy atom. The molecule has 1 fully saturated rings. The number of pyridine rings is 1. The number of rotatable bonds is 4. The fourth-order valence-corrected chi connectivity index (χ4v) is 4.19. The molecule has 4 atom stereocenters. The van der Waals surface area contributed by atoms with E-state index in [2.05, 4.69) is 6.07 Å². The first-order valence-corrected chi connectivity index (χ1v) is 10.4. The third-order valence-corrected chi connectivity index (χ3v) is 5.95. The predicted molar refractivity (Wildman–Crippen MR) is 120 cm³/mol. The summed E-state index contributed by atoms with van der Waals surface area (Å²) in [6.07, 6.45) is -5.14. The Labute approximate surface area is 190 Å². The van der Waals surface area contributed by atoms with Crippen molar-refractivity contribution >= 4 is 12.2 Å². The van der Waals surface area contributed by atoms with Crippen molar-refractivity contribution in [1.82, 2.24) is 4.57 Å². The molecule has 0 spiro atoms. The molecule has 1 aromatic heterocycles. The molecular weight excluding hydrogens is 428 g/mol. The minimum atomic E-state index is -1.44. The smallest absolute Gasteiger partial charge is 0.163 e. The summed E-state index contributed by atoms with van der Waals surface area (Å²) in [5.41, 5.74) is 3.03. The van der Waals surface area contributed by atoms with Crippen molar-refractivity contribution in [3.8, 4) is 34.2 Å². The van der Waals surface area contributed by atoms with Gasteiger partial charge in [-0.1, -0.05) is 54.7 Å². The Kier molecular flexibility index (Phi) is 6.37. The van der Waals surface area contributed by atoms with E-state index in [0.29, 0.717) is 17.0 Å². The van der Waals surface area contributed by atoms with Crippen LogP contribution in [0.4, 0.5) is 0 Å². The first kappa shape index (κ1) is 22.1. The molecule has 1 aliphatic heterocycles. The lowest BCUT2D eigenvalue weighted by molar-refractivity contribution is -0.210. The molecule has 164 valence electrons. The van der Waals surface area contributed by atoms with Crippen molar-refractivity contribution in [2.45, 2.75) is 24.5 Å². The number of methoxy groups -OCH3 is 1. The van der Waals surface area contributed by atoms with Gasteiger partial charge in [0.05, 0.1) is 25.0 Å². The van der Waals surface area contributed by atoms with Crippen LogP contribution in [0.5, 0.6) is 5.75 Å². The zero-order valence-corrected chi connectivity index (χ0v) is 18.1. The van der Waals surface area contributed by atoms with Crippen molar-refractivity contribution in [2.75, 3.05) is 13.7 Å². The van der Waals surface area contributed by atoms with Crippen LogP contribution in [0, 0.1) is 16.0 Å². The van der Waals surface area contributed by atoms with Gasteiger partial charge in [-0.2, -0.15) is 5.26 Å². The summed E-state index contributed by atoms with van der Waals surface area (Å²) < 4.78 is 12.6. The van der Waals surface area contributed by atoms with Gasteiger partial charge in [0, 0.05) is 5.56 Å². The monoisotopic (exact) mass is 450 g/mol. The predicted octanol–water partition coefficient (Wildman–Crippen LogP) is 3.04. The highest BCUT2D eigenvalue weighted by molar-refractivity contribution is 7.71. The van der Waals surface area contributed by atoms with Gasteiger partial charge in [-0.3, -0.25) is 0 Å². The van der Waals surface area contributed by atoms with E-state index in [9.17, 15) is 20.6 Å². The number of nitrogens with zero attached hydrogens (tertiary/aromatic N) is 2. The molecule has 0 aliphatic carbocycles. The number of hydrogen-bond acceptors (Lipinski definition) is 7. The number of aliphatic hydroxyl groups is 3. The number of aromatic nitrogens is 1. The lowest BCUT2D eigenvalue weighted by Gasteiger charge is -2.37. The van der Waals surface area contributed by atoms with E-state index in [0.717, 1.165) is 11.1 Å². The summed E-state index contributed by atoms with van der Waals surface area (Å²) in [7, 11) is 1.58. The zero-order valence-electron chi connectivity index (χ0n) is 17.3. The molecule has 1 saturated heterocycles. The molecule has 7 nitrogen and oxygen atoms in total. The molecule has 0 radical (unpaired) electrons. The summed E-state index contributed by atoms with van der Waals surface area (Å²) in [4.78, 5) is 0. The van der Waals surface area contributed by atoms with Crippen LogP contribution in [0.1, 0.15) is 11.8 Å². The van der Waals surface area contributed by atoms with Crippen LogP contribution in [0.3, 0.4) is 0 Å². The Hall–Kier alpha value is -3.06. The third kappa shape index (κ3) is 3.93. The minimum Gasteiger partial charge on any atom is -0.497 e. The Bertz CT molecular complexity index is 1200. The molecule has 0 saturated carbocycles. The average Bonchev–Trinajstić information content (AvgIpc) is 2.83. The number of ether oxygens (including phenoxy) is 2. The summed E-state index contributed by atoms with van der Waals surface area (Å²) in [6.45, 7) is -0.180. The maximum Gasteiger partial charge on any atom is 0.163 e. The Balaban J connectivity index is 1.97. The molecule has 3 N–H and O–H groups in total.